The van der Waals surface area contributed by atoms with Gasteiger partial charge in [-0.3, -0.25) is 4.79 Å². The van der Waals surface area contributed by atoms with Crippen LogP contribution in [0, 0.1) is 5.92 Å². The zero-order valence-electron chi connectivity index (χ0n) is 10.7. The molecule has 0 radical (unpaired) electrons. The summed E-state index contributed by atoms with van der Waals surface area (Å²) in [4.78, 5) is 25.6. The molecule has 2 atom stereocenters. The van der Waals surface area contributed by atoms with Crippen LogP contribution in [-0.4, -0.2) is 55.1 Å². The van der Waals surface area contributed by atoms with Gasteiger partial charge in [-0.1, -0.05) is 0 Å². The molecule has 1 amide bonds. The largest absolute Gasteiger partial charge is 0.464 e. The number of carbonyl (C=O) groups is 2. The quantitative estimate of drug-likeness (QED) is 0.502. The van der Waals surface area contributed by atoms with Gasteiger partial charge in [0, 0.05) is 12.6 Å². The lowest BCUT2D eigenvalue weighted by molar-refractivity contribution is -0.148. The number of amides is 1. The molecule has 0 saturated carbocycles. The number of rotatable bonds is 4. The molecule has 6 nitrogen and oxygen atoms in total. The molecule has 3 rings (SSSR count). The third-order valence-electron chi connectivity index (χ3n) is 3.81. The van der Waals surface area contributed by atoms with Crippen LogP contribution in [0.1, 0.15) is 19.8 Å². The number of nitrogens with one attached hydrogen (secondary N) is 1. The van der Waals surface area contributed by atoms with Crippen LogP contribution in [0.2, 0.25) is 0 Å². The maximum absolute atomic E-state index is 11.8. The predicted octanol–water partition coefficient (Wildman–Crippen LogP) is -0.913. The van der Waals surface area contributed by atoms with E-state index in [4.69, 9.17) is 10.5 Å². The minimum atomic E-state index is -1.21. The molecule has 2 bridgehead atoms. The number of ether oxygens (including phenoxy) is 1. The van der Waals surface area contributed by atoms with E-state index in [9.17, 15) is 9.59 Å². The van der Waals surface area contributed by atoms with Gasteiger partial charge in [-0.15, -0.1) is 0 Å². The highest BCUT2D eigenvalue weighted by Crippen LogP contribution is 2.27. The Hall–Kier alpha value is -1.14. The van der Waals surface area contributed by atoms with Crippen LogP contribution in [0.3, 0.4) is 0 Å². The summed E-state index contributed by atoms with van der Waals surface area (Å²) < 4.78 is 4.74. The van der Waals surface area contributed by atoms with Gasteiger partial charge in [0.2, 0.25) is 5.91 Å². The molecule has 0 aromatic heterocycles. The van der Waals surface area contributed by atoms with Crippen molar-refractivity contribution in [2.75, 3.05) is 26.2 Å². The van der Waals surface area contributed by atoms with E-state index in [2.05, 4.69) is 10.2 Å². The second kappa shape index (κ2) is 5.67. The average molecular weight is 255 g/mol. The first-order valence-corrected chi connectivity index (χ1v) is 6.56. The minimum Gasteiger partial charge on any atom is -0.464 e. The number of esters is 1. The molecular formula is C12H21N3O3. The number of carbonyl (C=O) groups excluding carboxylic acids is 2. The van der Waals surface area contributed by atoms with Crippen molar-refractivity contribution in [3.63, 3.8) is 0 Å². The van der Waals surface area contributed by atoms with Crippen LogP contribution in [0.15, 0.2) is 0 Å². The molecule has 3 aliphatic heterocycles. The van der Waals surface area contributed by atoms with Crippen molar-refractivity contribution in [2.45, 2.75) is 31.8 Å². The van der Waals surface area contributed by atoms with Crippen LogP contribution in [0.4, 0.5) is 0 Å². The van der Waals surface area contributed by atoms with E-state index < -0.39 is 17.9 Å². The Balaban J connectivity index is 1.85. The molecule has 0 aromatic rings. The highest BCUT2D eigenvalue weighted by Gasteiger charge is 2.36. The van der Waals surface area contributed by atoms with Gasteiger partial charge in [0.1, 0.15) is 0 Å². The second-order valence-corrected chi connectivity index (χ2v) is 4.98. The van der Waals surface area contributed by atoms with Crippen LogP contribution in [0.5, 0.6) is 0 Å². The Bertz CT molecular complexity index is 327. The molecule has 2 unspecified atom stereocenters. The normalized spacial score (nSPS) is 31.8. The summed E-state index contributed by atoms with van der Waals surface area (Å²) in [6.45, 7) is 5.02. The first-order chi connectivity index (χ1) is 8.61. The predicted molar refractivity (Wildman–Crippen MR) is 65.7 cm³/mol. The van der Waals surface area contributed by atoms with E-state index in [1.165, 1.54) is 0 Å². The third-order valence-corrected chi connectivity index (χ3v) is 3.81. The molecule has 6 heteroatoms. The number of piperidine rings is 3. The van der Waals surface area contributed by atoms with Crippen LogP contribution in [0.25, 0.3) is 0 Å². The van der Waals surface area contributed by atoms with Gasteiger partial charge >= 0.3 is 5.97 Å². The Kier molecular flexibility index (Phi) is 4.19. The van der Waals surface area contributed by atoms with Crippen LogP contribution in [-0.2, 0) is 14.3 Å². The van der Waals surface area contributed by atoms with E-state index in [1.807, 2.05) is 0 Å². The van der Waals surface area contributed by atoms with Crippen molar-refractivity contribution in [1.29, 1.82) is 0 Å². The second-order valence-electron chi connectivity index (χ2n) is 4.98. The Morgan fingerprint density at radius 2 is 2.11 bits per heavy atom. The van der Waals surface area contributed by atoms with E-state index >= 15 is 0 Å². The molecule has 3 heterocycles. The molecule has 102 valence electrons. The molecular weight excluding hydrogens is 234 g/mol. The third kappa shape index (κ3) is 2.81. The summed E-state index contributed by atoms with van der Waals surface area (Å²) in [5.41, 5.74) is 5.56. The maximum atomic E-state index is 11.8. The van der Waals surface area contributed by atoms with E-state index in [-0.39, 0.29) is 12.6 Å². The fraction of sp³-hybridized carbons (Fsp3) is 0.833. The number of nitrogens with two attached hydrogens (primary N) is 1. The van der Waals surface area contributed by atoms with E-state index in [0.717, 1.165) is 32.5 Å². The Morgan fingerprint density at radius 3 is 2.61 bits per heavy atom. The zero-order valence-corrected chi connectivity index (χ0v) is 10.7. The topological polar surface area (TPSA) is 84.7 Å². The summed E-state index contributed by atoms with van der Waals surface area (Å²) >= 11 is 0. The zero-order chi connectivity index (χ0) is 13.1. The van der Waals surface area contributed by atoms with Crippen molar-refractivity contribution in [3.05, 3.63) is 0 Å². The smallest absolute Gasteiger partial charge is 0.332 e. The Labute approximate surface area is 107 Å². The first-order valence-electron chi connectivity index (χ1n) is 6.56. The summed E-state index contributed by atoms with van der Waals surface area (Å²) in [7, 11) is 0. The lowest BCUT2D eigenvalue weighted by atomic mass is 9.84. The fourth-order valence-electron chi connectivity index (χ4n) is 2.74. The van der Waals surface area contributed by atoms with Gasteiger partial charge in [0.05, 0.1) is 6.61 Å². The SMILES string of the molecule is CCOC(=O)C(N)C(=O)NC1CN2CCC1CC2. The number of hydrogen-bond acceptors (Lipinski definition) is 5. The molecule has 3 fully saturated rings. The molecule has 0 aliphatic carbocycles. The summed E-state index contributed by atoms with van der Waals surface area (Å²) in [5, 5.41) is 2.88. The highest BCUT2D eigenvalue weighted by molar-refractivity contribution is 6.01. The van der Waals surface area contributed by atoms with Gasteiger partial charge in [-0.25, -0.2) is 4.79 Å². The maximum Gasteiger partial charge on any atom is 0.332 e. The van der Waals surface area contributed by atoms with Gasteiger partial charge in [0.25, 0.3) is 0 Å². The van der Waals surface area contributed by atoms with E-state index in [1.54, 1.807) is 6.92 Å². The Morgan fingerprint density at radius 1 is 1.44 bits per heavy atom. The van der Waals surface area contributed by atoms with E-state index in [0.29, 0.717) is 5.92 Å². The standard InChI is InChI=1S/C12H21N3O3/c1-2-18-12(17)10(13)11(16)14-9-7-15-5-3-8(9)4-6-15/h8-10H,2-7,13H2,1H3,(H,14,16). The average Bonchev–Trinajstić information content (AvgIpc) is 2.39. The lowest BCUT2D eigenvalue weighted by Gasteiger charge is -2.45. The molecule has 0 aromatic carbocycles. The summed E-state index contributed by atoms with van der Waals surface area (Å²) in [6.07, 6.45) is 2.22. The first kappa shape index (κ1) is 13.3. The van der Waals surface area contributed by atoms with Crippen LogP contribution < -0.4 is 11.1 Å². The summed E-state index contributed by atoms with van der Waals surface area (Å²) in [5.74, 6) is -0.558. The molecule has 3 aliphatic rings. The van der Waals surface area contributed by atoms with Crippen molar-refractivity contribution in [2.24, 2.45) is 11.7 Å². The molecule has 3 saturated heterocycles. The number of hydrogen-bond donors (Lipinski definition) is 2. The number of nitrogens with zero attached hydrogens (tertiary/aromatic N) is 1. The number of fused-ring (bicyclic) bond motifs is 3. The van der Waals surface area contributed by atoms with Gasteiger partial charge in [-0.2, -0.15) is 0 Å². The molecule has 3 N–H and O–H groups in total. The van der Waals surface area contributed by atoms with Crippen molar-refractivity contribution in [3.8, 4) is 0 Å². The van der Waals surface area contributed by atoms with Crippen molar-refractivity contribution >= 4 is 11.9 Å². The summed E-state index contributed by atoms with van der Waals surface area (Å²) in [6, 6.07) is -1.08. The van der Waals surface area contributed by atoms with Gasteiger partial charge < -0.3 is 20.7 Å². The van der Waals surface area contributed by atoms with Crippen LogP contribution >= 0.6 is 0 Å². The molecule has 0 spiro atoms. The van der Waals surface area contributed by atoms with Crippen molar-refractivity contribution < 1.29 is 14.3 Å². The fourth-order valence-corrected chi connectivity index (χ4v) is 2.74. The van der Waals surface area contributed by atoms with Gasteiger partial charge in [0.15, 0.2) is 6.04 Å². The minimum absolute atomic E-state index is 0.125. The van der Waals surface area contributed by atoms with Gasteiger partial charge in [-0.05, 0) is 38.8 Å². The van der Waals surface area contributed by atoms with Crippen molar-refractivity contribution in [1.82, 2.24) is 10.2 Å². The monoisotopic (exact) mass is 255 g/mol. The highest BCUT2D eigenvalue weighted by atomic mass is 16.5. The molecule has 18 heavy (non-hydrogen) atoms. The lowest BCUT2D eigenvalue weighted by Crippen LogP contribution is -2.60.